The molecule has 2 amide bonds. The van der Waals surface area contributed by atoms with Gasteiger partial charge >= 0.3 is 0 Å². The van der Waals surface area contributed by atoms with Gasteiger partial charge in [0.15, 0.2) is 0 Å². The van der Waals surface area contributed by atoms with Crippen LogP contribution in [-0.2, 0) is 9.59 Å². The Bertz CT molecular complexity index is 235. The van der Waals surface area contributed by atoms with Gasteiger partial charge in [0, 0.05) is 20.6 Å². The molecule has 5 heteroatoms. The lowest BCUT2D eigenvalue weighted by molar-refractivity contribution is -0.132. The summed E-state index contributed by atoms with van der Waals surface area (Å²) in [5.41, 5.74) is 0. The van der Waals surface area contributed by atoms with Crippen LogP contribution in [0.4, 0.5) is 0 Å². The maximum atomic E-state index is 11.6. The lowest BCUT2D eigenvalue weighted by Crippen LogP contribution is -2.43. The quantitative estimate of drug-likeness (QED) is 0.644. The van der Waals surface area contributed by atoms with Gasteiger partial charge in [-0.05, 0) is 19.4 Å². The van der Waals surface area contributed by atoms with E-state index in [4.69, 9.17) is 0 Å². The lowest BCUT2D eigenvalue weighted by Gasteiger charge is -2.22. The van der Waals surface area contributed by atoms with Gasteiger partial charge in [0.25, 0.3) is 0 Å². The van der Waals surface area contributed by atoms with Crippen LogP contribution in [0.25, 0.3) is 0 Å². The van der Waals surface area contributed by atoms with Crippen molar-refractivity contribution in [2.75, 3.05) is 33.7 Å². The first-order valence-corrected chi connectivity index (χ1v) is 5.30. The van der Waals surface area contributed by atoms with Crippen LogP contribution in [0.15, 0.2) is 0 Å². The Kier molecular flexibility index (Phi) is 4.55. The number of nitrogens with zero attached hydrogens (tertiary/aromatic N) is 1. The van der Waals surface area contributed by atoms with Crippen LogP contribution in [0.5, 0.6) is 0 Å². The first-order valence-electron chi connectivity index (χ1n) is 5.30. The smallest absolute Gasteiger partial charge is 0.241 e. The third-order valence-electron chi connectivity index (χ3n) is 2.58. The van der Waals surface area contributed by atoms with Crippen LogP contribution < -0.4 is 10.6 Å². The van der Waals surface area contributed by atoms with Gasteiger partial charge in [0.2, 0.25) is 11.8 Å². The van der Waals surface area contributed by atoms with Crippen LogP contribution in [0, 0.1) is 5.92 Å². The van der Waals surface area contributed by atoms with Gasteiger partial charge in [-0.25, -0.2) is 0 Å². The van der Waals surface area contributed by atoms with Gasteiger partial charge in [0.1, 0.15) is 0 Å². The van der Waals surface area contributed by atoms with Crippen molar-refractivity contribution >= 4 is 11.8 Å². The van der Waals surface area contributed by atoms with E-state index in [1.165, 1.54) is 4.90 Å². The second-order valence-electron chi connectivity index (χ2n) is 4.05. The zero-order chi connectivity index (χ0) is 11.3. The minimum absolute atomic E-state index is 0.0163. The Morgan fingerprint density at radius 3 is 2.73 bits per heavy atom. The number of likely N-dealkylation sites (N-methyl/N-ethyl adjacent to an activating group) is 1. The van der Waals surface area contributed by atoms with E-state index in [9.17, 15) is 9.59 Å². The Labute approximate surface area is 90.2 Å². The SMILES string of the molecule is CN(C)C(=O)CNC(=O)[C@@H]1CCCNC1. The van der Waals surface area contributed by atoms with Gasteiger partial charge < -0.3 is 15.5 Å². The third kappa shape index (κ3) is 3.87. The molecule has 2 N–H and O–H groups in total. The first-order chi connectivity index (χ1) is 7.11. The number of amides is 2. The van der Waals surface area contributed by atoms with E-state index in [-0.39, 0.29) is 24.3 Å². The minimum Gasteiger partial charge on any atom is -0.347 e. The molecule has 0 aromatic rings. The van der Waals surface area contributed by atoms with E-state index in [2.05, 4.69) is 10.6 Å². The van der Waals surface area contributed by atoms with Crippen molar-refractivity contribution in [1.29, 1.82) is 0 Å². The zero-order valence-corrected chi connectivity index (χ0v) is 9.38. The summed E-state index contributed by atoms with van der Waals surface area (Å²) in [6.07, 6.45) is 1.94. The number of nitrogens with one attached hydrogen (secondary N) is 2. The molecule has 0 saturated carbocycles. The summed E-state index contributed by atoms with van der Waals surface area (Å²) < 4.78 is 0. The topological polar surface area (TPSA) is 61.4 Å². The van der Waals surface area contributed by atoms with E-state index in [0.717, 1.165) is 25.9 Å². The van der Waals surface area contributed by atoms with Gasteiger partial charge in [-0.15, -0.1) is 0 Å². The highest BCUT2D eigenvalue weighted by Gasteiger charge is 2.21. The highest BCUT2D eigenvalue weighted by atomic mass is 16.2. The number of carbonyl (C=O) groups excluding carboxylic acids is 2. The van der Waals surface area contributed by atoms with Crippen LogP contribution in [0.3, 0.4) is 0 Å². The Hall–Kier alpha value is -1.10. The van der Waals surface area contributed by atoms with Crippen molar-refractivity contribution in [3.8, 4) is 0 Å². The molecule has 5 nitrogen and oxygen atoms in total. The number of piperidine rings is 1. The molecule has 0 aromatic heterocycles. The fourth-order valence-electron chi connectivity index (χ4n) is 1.54. The lowest BCUT2D eigenvalue weighted by atomic mass is 9.99. The maximum Gasteiger partial charge on any atom is 0.241 e. The molecule has 0 aliphatic carbocycles. The van der Waals surface area contributed by atoms with Gasteiger partial charge in [0.05, 0.1) is 12.5 Å². The maximum absolute atomic E-state index is 11.6. The molecular formula is C10H19N3O2. The van der Waals surface area contributed by atoms with Gasteiger partial charge in [-0.3, -0.25) is 9.59 Å². The second-order valence-corrected chi connectivity index (χ2v) is 4.05. The van der Waals surface area contributed by atoms with E-state index in [1.807, 2.05) is 0 Å². The van der Waals surface area contributed by atoms with Crippen molar-refractivity contribution in [1.82, 2.24) is 15.5 Å². The van der Waals surface area contributed by atoms with Crippen LogP contribution in [0.2, 0.25) is 0 Å². The molecule has 1 heterocycles. The third-order valence-corrected chi connectivity index (χ3v) is 2.58. The average Bonchev–Trinajstić information content (AvgIpc) is 2.26. The van der Waals surface area contributed by atoms with Crippen molar-refractivity contribution < 1.29 is 9.59 Å². The van der Waals surface area contributed by atoms with Gasteiger partial charge in [-0.2, -0.15) is 0 Å². The summed E-state index contributed by atoms with van der Waals surface area (Å²) in [6, 6.07) is 0. The largest absolute Gasteiger partial charge is 0.347 e. The zero-order valence-electron chi connectivity index (χ0n) is 9.38. The monoisotopic (exact) mass is 213 g/mol. The molecule has 1 fully saturated rings. The fraction of sp³-hybridized carbons (Fsp3) is 0.800. The predicted octanol–water partition coefficient (Wildman–Crippen LogP) is -0.810. The Balaban J connectivity index is 2.26. The average molecular weight is 213 g/mol. The number of hydrogen-bond donors (Lipinski definition) is 2. The molecule has 0 unspecified atom stereocenters. The minimum atomic E-state index is -0.0767. The number of carbonyl (C=O) groups is 2. The molecule has 86 valence electrons. The molecule has 0 bridgehead atoms. The Morgan fingerprint density at radius 2 is 2.20 bits per heavy atom. The van der Waals surface area contributed by atoms with Crippen molar-refractivity contribution in [3.63, 3.8) is 0 Å². The molecule has 1 saturated heterocycles. The summed E-state index contributed by atoms with van der Waals surface area (Å²) in [5, 5.41) is 5.83. The summed E-state index contributed by atoms with van der Waals surface area (Å²) in [6.45, 7) is 1.81. The Morgan fingerprint density at radius 1 is 1.47 bits per heavy atom. The molecule has 0 radical (unpaired) electrons. The molecule has 1 aliphatic heterocycles. The number of hydrogen-bond acceptors (Lipinski definition) is 3. The van der Waals surface area contributed by atoms with Crippen molar-refractivity contribution in [2.45, 2.75) is 12.8 Å². The molecule has 1 rings (SSSR count). The summed E-state index contributed by atoms with van der Waals surface area (Å²) >= 11 is 0. The van der Waals surface area contributed by atoms with Crippen LogP contribution in [-0.4, -0.2) is 50.4 Å². The second kappa shape index (κ2) is 5.70. The van der Waals surface area contributed by atoms with Crippen LogP contribution in [0.1, 0.15) is 12.8 Å². The van der Waals surface area contributed by atoms with Crippen LogP contribution >= 0.6 is 0 Å². The molecule has 0 aromatic carbocycles. The van der Waals surface area contributed by atoms with Crippen molar-refractivity contribution in [2.24, 2.45) is 5.92 Å². The predicted molar refractivity (Wildman–Crippen MR) is 57.3 cm³/mol. The number of rotatable bonds is 3. The van der Waals surface area contributed by atoms with Crippen molar-refractivity contribution in [3.05, 3.63) is 0 Å². The normalized spacial score (nSPS) is 20.8. The summed E-state index contributed by atoms with van der Waals surface area (Å²) in [7, 11) is 3.35. The van der Waals surface area contributed by atoms with E-state index in [0.29, 0.717) is 0 Å². The highest BCUT2D eigenvalue weighted by Crippen LogP contribution is 2.09. The summed E-state index contributed by atoms with van der Waals surface area (Å²) in [5.74, 6) is -0.0711. The molecule has 1 atom stereocenters. The fourth-order valence-corrected chi connectivity index (χ4v) is 1.54. The van der Waals surface area contributed by atoms with E-state index >= 15 is 0 Å². The first kappa shape index (κ1) is 12.0. The highest BCUT2D eigenvalue weighted by molar-refractivity contribution is 5.85. The molecule has 1 aliphatic rings. The molecular weight excluding hydrogens is 194 g/mol. The molecule has 0 spiro atoms. The van der Waals surface area contributed by atoms with E-state index < -0.39 is 0 Å². The van der Waals surface area contributed by atoms with Gasteiger partial charge in [-0.1, -0.05) is 0 Å². The molecule has 15 heavy (non-hydrogen) atoms. The summed E-state index contributed by atoms with van der Waals surface area (Å²) in [4.78, 5) is 24.3. The standard InChI is InChI=1S/C10H19N3O2/c1-13(2)9(14)7-12-10(15)8-4-3-5-11-6-8/h8,11H,3-7H2,1-2H3,(H,12,15)/t8-/m1/s1. The van der Waals surface area contributed by atoms with E-state index in [1.54, 1.807) is 14.1 Å².